The van der Waals surface area contributed by atoms with Crippen LogP contribution in [0.2, 0.25) is 0 Å². The van der Waals surface area contributed by atoms with Crippen LogP contribution in [0, 0.1) is 0 Å². The van der Waals surface area contributed by atoms with Gasteiger partial charge >= 0.3 is 0 Å². The standard InChI is InChI=1S/C24H26N6O3/c25-22-19-23(27-14-26-22)30(15-28-19)24-21(32)20(18(13-31)33-24)29(11-16-7-3-1-4-8-16)12-17-9-5-2-6-10-17/h1-10,14-15,18,20-21,24,31-32H,11-13H2,(H2,25,26,27)/t18-,20+,21?,24-/m1/s1. The van der Waals surface area contributed by atoms with Crippen molar-refractivity contribution in [2.45, 2.75) is 37.6 Å². The third-order valence-electron chi connectivity index (χ3n) is 6.06. The van der Waals surface area contributed by atoms with Crippen molar-refractivity contribution in [1.29, 1.82) is 0 Å². The van der Waals surface area contributed by atoms with E-state index < -0.39 is 24.5 Å². The van der Waals surface area contributed by atoms with Gasteiger partial charge in [0.25, 0.3) is 0 Å². The number of benzene rings is 2. The van der Waals surface area contributed by atoms with Crippen LogP contribution >= 0.6 is 0 Å². The average molecular weight is 447 g/mol. The molecule has 1 saturated heterocycles. The first kappa shape index (κ1) is 21.5. The van der Waals surface area contributed by atoms with Gasteiger partial charge in [0.2, 0.25) is 0 Å². The summed E-state index contributed by atoms with van der Waals surface area (Å²) in [5, 5.41) is 21.7. The molecule has 1 unspecified atom stereocenters. The van der Waals surface area contributed by atoms with Gasteiger partial charge in [-0.3, -0.25) is 9.47 Å². The zero-order valence-electron chi connectivity index (χ0n) is 18.0. The Morgan fingerprint density at radius 1 is 0.939 bits per heavy atom. The van der Waals surface area contributed by atoms with Crippen molar-refractivity contribution < 1.29 is 14.9 Å². The quantitative estimate of drug-likeness (QED) is 0.392. The number of ether oxygens (including phenoxy) is 1. The lowest BCUT2D eigenvalue weighted by Crippen LogP contribution is -2.47. The molecule has 2 aromatic carbocycles. The second-order valence-corrected chi connectivity index (χ2v) is 8.19. The summed E-state index contributed by atoms with van der Waals surface area (Å²) in [5.74, 6) is 0.260. The Labute approximate surface area is 191 Å². The summed E-state index contributed by atoms with van der Waals surface area (Å²) in [6.07, 6.45) is 0.576. The topological polar surface area (TPSA) is 123 Å². The third-order valence-corrected chi connectivity index (χ3v) is 6.06. The minimum absolute atomic E-state index is 0.234. The van der Waals surface area contributed by atoms with Crippen molar-refractivity contribution in [3.63, 3.8) is 0 Å². The summed E-state index contributed by atoms with van der Waals surface area (Å²) in [7, 11) is 0. The Bertz CT molecular complexity index is 1160. The summed E-state index contributed by atoms with van der Waals surface area (Å²) in [4.78, 5) is 14.7. The molecule has 5 rings (SSSR count). The van der Waals surface area contributed by atoms with E-state index in [1.54, 1.807) is 10.9 Å². The second kappa shape index (κ2) is 9.24. The fourth-order valence-electron chi connectivity index (χ4n) is 4.52. The van der Waals surface area contributed by atoms with Crippen molar-refractivity contribution in [3.05, 3.63) is 84.4 Å². The van der Waals surface area contributed by atoms with Crippen molar-refractivity contribution in [2.75, 3.05) is 12.3 Å². The summed E-state index contributed by atoms with van der Waals surface area (Å²) >= 11 is 0. The van der Waals surface area contributed by atoms with Crippen LogP contribution < -0.4 is 5.73 Å². The van der Waals surface area contributed by atoms with E-state index in [4.69, 9.17) is 10.5 Å². The van der Waals surface area contributed by atoms with Crippen molar-refractivity contribution >= 4 is 17.0 Å². The van der Waals surface area contributed by atoms with Gasteiger partial charge < -0.3 is 20.7 Å². The van der Waals surface area contributed by atoms with E-state index in [1.807, 2.05) is 36.4 Å². The maximum absolute atomic E-state index is 11.5. The number of aromatic nitrogens is 4. The first-order valence-corrected chi connectivity index (χ1v) is 10.8. The lowest BCUT2D eigenvalue weighted by Gasteiger charge is -2.33. The number of aliphatic hydroxyl groups excluding tert-OH is 2. The molecule has 4 N–H and O–H groups in total. The maximum atomic E-state index is 11.5. The number of rotatable bonds is 7. The zero-order valence-corrected chi connectivity index (χ0v) is 18.0. The second-order valence-electron chi connectivity index (χ2n) is 8.19. The number of hydrogen-bond acceptors (Lipinski definition) is 8. The minimum Gasteiger partial charge on any atom is -0.394 e. The normalized spacial score (nSPS) is 22.9. The molecule has 1 fully saturated rings. The number of anilines is 1. The molecule has 9 nitrogen and oxygen atoms in total. The van der Waals surface area contributed by atoms with Gasteiger partial charge in [-0.1, -0.05) is 60.7 Å². The van der Waals surface area contributed by atoms with Crippen LogP contribution in [-0.4, -0.2) is 59.5 Å². The Kier molecular flexibility index (Phi) is 6.01. The molecule has 0 amide bonds. The number of hydrogen-bond donors (Lipinski definition) is 3. The lowest BCUT2D eigenvalue weighted by molar-refractivity contribution is -0.0501. The van der Waals surface area contributed by atoms with E-state index in [1.165, 1.54) is 6.33 Å². The third kappa shape index (κ3) is 4.19. The van der Waals surface area contributed by atoms with Gasteiger partial charge in [0.15, 0.2) is 17.7 Å². The highest BCUT2D eigenvalue weighted by Crippen LogP contribution is 2.35. The van der Waals surface area contributed by atoms with Crippen molar-refractivity contribution in [2.24, 2.45) is 0 Å². The molecule has 3 heterocycles. The molecule has 1 aliphatic heterocycles. The summed E-state index contributed by atoms with van der Waals surface area (Å²) in [6.45, 7) is 0.940. The van der Waals surface area contributed by atoms with Crippen LogP contribution in [0.1, 0.15) is 17.4 Å². The number of fused-ring (bicyclic) bond motifs is 1. The SMILES string of the molecule is Nc1ncnc2c1ncn2[C@@H]1O[C@H](CO)[C@H](N(Cc2ccccc2)Cc2ccccc2)C1O. The van der Waals surface area contributed by atoms with Crippen LogP contribution in [0.4, 0.5) is 5.82 Å². The number of nitrogen functional groups attached to an aromatic ring is 1. The van der Waals surface area contributed by atoms with Crippen LogP contribution in [0.3, 0.4) is 0 Å². The van der Waals surface area contributed by atoms with Gasteiger partial charge in [0.1, 0.15) is 24.1 Å². The molecule has 0 saturated carbocycles. The van der Waals surface area contributed by atoms with Crippen molar-refractivity contribution in [1.82, 2.24) is 24.4 Å². The highest BCUT2D eigenvalue weighted by atomic mass is 16.5. The van der Waals surface area contributed by atoms with Gasteiger partial charge in [-0.2, -0.15) is 0 Å². The molecule has 170 valence electrons. The summed E-state index contributed by atoms with van der Waals surface area (Å²) in [5.41, 5.74) is 9.06. The molecular formula is C24H26N6O3. The predicted octanol–water partition coefficient (Wildman–Crippen LogP) is 1.73. The van der Waals surface area contributed by atoms with Gasteiger partial charge in [0.05, 0.1) is 19.0 Å². The molecule has 0 aliphatic carbocycles. The fourth-order valence-corrected chi connectivity index (χ4v) is 4.52. The summed E-state index contributed by atoms with van der Waals surface area (Å²) in [6, 6.07) is 19.7. The van der Waals surface area contributed by atoms with Gasteiger partial charge in [-0.15, -0.1) is 0 Å². The molecule has 4 atom stereocenters. The van der Waals surface area contributed by atoms with E-state index in [0.29, 0.717) is 24.3 Å². The lowest BCUT2D eigenvalue weighted by atomic mass is 10.0. The summed E-state index contributed by atoms with van der Waals surface area (Å²) < 4.78 is 7.82. The fraction of sp³-hybridized carbons (Fsp3) is 0.292. The molecule has 33 heavy (non-hydrogen) atoms. The molecular weight excluding hydrogens is 420 g/mol. The van der Waals surface area contributed by atoms with Crippen LogP contribution in [-0.2, 0) is 17.8 Å². The molecule has 4 aromatic rings. The van der Waals surface area contributed by atoms with E-state index in [0.717, 1.165) is 11.1 Å². The molecule has 9 heteroatoms. The average Bonchev–Trinajstić information content (AvgIpc) is 3.41. The van der Waals surface area contributed by atoms with Gasteiger partial charge in [-0.05, 0) is 11.1 Å². The molecule has 1 aliphatic rings. The van der Waals surface area contributed by atoms with Gasteiger partial charge in [-0.25, -0.2) is 15.0 Å². The monoisotopic (exact) mass is 446 g/mol. The number of aliphatic hydroxyl groups is 2. The number of nitrogens with two attached hydrogens (primary N) is 1. The van der Waals surface area contributed by atoms with E-state index in [2.05, 4.69) is 44.1 Å². The van der Waals surface area contributed by atoms with Crippen LogP contribution in [0.5, 0.6) is 0 Å². The minimum atomic E-state index is -0.942. The largest absolute Gasteiger partial charge is 0.394 e. The molecule has 2 aromatic heterocycles. The Morgan fingerprint density at radius 3 is 2.18 bits per heavy atom. The Hall–Kier alpha value is -3.37. The van der Waals surface area contributed by atoms with E-state index in [9.17, 15) is 10.2 Å². The van der Waals surface area contributed by atoms with Crippen molar-refractivity contribution in [3.8, 4) is 0 Å². The van der Waals surface area contributed by atoms with Crippen LogP contribution in [0.15, 0.2) is 73.3 Å². The Balaban J connectivity index is 1.49. The van der Waals surface area contributed by atoms with E-state index >= 15 is 0 Å². The number of imidazole rings is 1. The molecule has 0 spiro atoms. The maximum Gasteiger partial charge on any atom is 0.167 e. The first-order valence-electron chi connectivity index (χ1n) is 10.8. The zero-order chi connectivity index (χ0) is 22.8. The number of nitrogens with zero attached hydrogens (tertiary/aromatic N) is 5. The highest BCUT2D eigenvalue weighted by Gasteiger charge is 2.47. The molecule has 0 bridgehead atoms. The predicted molar refractivity (Wildman–Crippen MR) is 123 cm³/mol. The van der Waals surface area contributed by atoms with E-state index in [-0.39, 0.29) is 12.4 Å². The first-order chi connectivity index (χ1) is 16.2. The van der Waals surface area contributed by atoms with Gasteiger partial charge in [0, 0.05) is 13.1 Å². The van der Waals surface area contributed by atoms with Crippen LogP contribution in [0.25, 0.3) is 11.2 Å². The Morgan fingerprint density at radius 2 is 1.58 bits per heavy atom. The highest BCUT2D eigenvalue weighted by molar-refractivity contribution is 5.81. The smallest absolute Gasteiger partial charge is 0.167 e. The molecule has 0 radical (unpaired) electrons.